The van der Waals surface area contributed by atoms with Crippen molar-refractivity contribution in [1.82, 2.24) is 0 Å². The number of halogens is 4. The summed E-state index contributed by atoms with van der Waals surface area (Å²) in [4.78, 5) is 12.3. The Labute approximate surface area is 186 Å². The fourth-order valence-electron chi connectivity index (χ4n) is 2.70. The van der Waals surface area contributed by atoms with Crippen molar-refractivity contribution in [2.45, 2.75) is 19.0 Å². The first-order valence-electron chi connectivity index (χ1n) is 9.71. The number of anilines is 1. The molecule has 0 spiro atoms. The number of hydrogen-bond donors (Lipinski definition) is 2. The quantitative estimate of drug-likeness (QED) is 0.436. The standard InChI is InChI=1S/C23H20F4N2O4/c24-16-5-9-18(10-6-16)32-19-11-7-17(8-12-19)29-22(30)20(28)14-31-13-15-3-1-2-4-21(15)33-23(25,26)27/h1-12,20H,13-14,28H2,(H,29,30)/t20-/m0/s1. The summed E-state index contributed by atoms with van der Waals surface area (Å²) in [7, 11) is 0. The van der Waals surface area contributed by atoms with E-state index in [1.807, 2.05) is 0 Å². The second kappa shape index (κ2) is 10.8. The summed E-state index contributed by atoms with van der Waals surface area (Å²) in [6.07, 6.45) is -4.83. The smallest absolute Gasteiger partial charge is 0.457 e. The molecule has 3 rings (SSSR count). The van der Waals surface area contributed by atoms with Gasteiger partial charge in [0.1, 0.15) is 29.1 Å². The van der Waals surface area contributed by atoms with Crippen LogP contribution < -0.4 is 20.5 Å². The average Bonchev–Trinajstić information content (AvgIpc) is 2.76. The van der Waals surface area contributed by atoms with E-state index >= 15 is 0 Å². The SMILES string of the molecule is N[C@@H](COCc1ccccc1OC(F)(F)F)C(=O)Nc1ccc(Oc2ccc(F)cc2)cc1. The molecule has 0 aliphatic heterocycles. The second-order valence-corrected chi connectivity index (χ2v) is 6.85. The number of nitrogens with one attached hydrogen (secondary N) is 1. The fourth-order valence-corrected chi connectivity index (χ4v) is 2.70. The van der Waals surface area contributed by atoms with Crippen molar-refractivity contribution in [3.63, 3.8) is 0 Å². The fraction of sp³-hybridized carbons (Fsp3) is 0.174. The molecule has 0 aromatic heterocycles. The number of para-hydroxylation sites is 1. The van der Waals surface area contributed by atoms with Crippen LogP contribution in [0, 0.1) is 5.82 Å². The number of amides is 1. The minimum Gasteiger partial charge on any atom is -0.457 e. The van der Waals surface area contributed by atoms with Gasteiger partial charge in [-0.1, -0.05) is 18.2 Å². The highest BCUT2D eigenvalue weighted by Gasteiger charge is 2.32. The van der Waals surface area contributed by atoms with Crippen LogP contribution in [0.3, 0.4) is 0 Å². The Kier molecular flexibility index (Phi) is 7.86. The van der Waals surface area contributed by atoms with Crippen LogP contribution in [0.25, 0.3) is 0 Å². The van der Waals surface area contributed by atoms with Gasteiger partial charge in [-0.2, -0.15) is 0 Å². The Hall–Kier alpha value is -3.63. The minimum atomic E-state index is -4.83. The third kappa shape index (κ3) is 7.78. The van der Waals surface area contributed by atoms with Gasteiger partial charge in [0.2, 0.25) is 5.91 Å². The highest BCUT2D eigenvalue weighted by Crippen LogP contribution is 2.27. The van der Waals surface area contributed by atoms with E-state index in [2.05, 4.69) is 10.1 Å². The Bertz CT molecular complexity index is 1060. The van der Waals surface area contributed by atoms with Crippen molar-refractivity contribution in [3.8, 4) is 17.2 Å². The molecule has 0 saturated heterocycles. The number of benzene rings is 3. The Morgan fingerprint density at radius 2 is 1.55 bits per heavy atom. The number of carbonyl (C=O) groups excluding carboxylic acids is 1. The maximum Gasteiger partial charge on any atom is 0.573 e. The summed E-state index contributed by atoms with van der Waals surface area (Å²) in [6.45, 7) is -0.444. The summed E-state index contributed by atoms with van der Waals surface area (Å²) in [6, 6.07) is 16.4. The number of ether oxygens (including phenoxy) is 3. The maximum absolute atomic E-state index is 12.9. The molecule has 1 atom stereocenters. The lowest BCUT2D eigenvalue weighted by Crippen LogP contribution is -2.39. The summed E-state index contributed by atoms with van der Waals surface area (Å²) < 4.78 is 65.2. The van der Waals surface area contributed by atoms with Gasteiger partial charge in [-0.15, -0.1) is 13.2 Å². The monoisotopic (exact) mass is 464 g/mol. The largest absolute Gasteiger partial charge is 0.573 e. The van der Waals surface area contributed by atoms with Crippen LogP contribution in [0.5, 0.6) is 17.2 Å². The van der Waals surface area contributed by atoms with Crippen LogP contribution in [0.15, 0.2) is 72.8 Å². The Morgan fingerprint density at radius 1 is 0.939 bits per heavy atom. The lowest BCUT2D eigenvalue weighted by atomic mass is 10.2. The zero-order chi connectivity index (χ0) is 23.8. The molecule has 3 aromatic carbocycles. The number of carbonyl (C=O) groups is 1. The number of alkyl halides is 3. The molecule has 0 fully saturated rings. The third-order valence-corrected chi connectivity index (χ3v) is 4.26. The summed E-state index contributed by atoms with van der Waals surface area (Å²) in [5, 5.41) is 2.61. The number of rotatable bonds is 9. The second-order valence-electron chi connectivity index (χ2n) is 6.85. The van der Waals surface area contributed by atoms with Gasteiger partial charge in [-0.25, -0.2) is 4.39 Å². The maximum atomic E-state index is 12.9. The molecule has 3 aromatic rings. The molecule has 0 radical (unpaired) electrons. The van der Waals surface area contributed by atoms with Crippen molar-refractivity contribution in [2.24, 2.45) is 5.73 Å². The molecule has 3 N–H and O–H groups in total. The molecular weight excluding hydrogens is 444 g/mol. The van der Waals surface area contributed by atoms with Gasteiger partial charge in [0.25, 0.3) is 0 Å². The van der Waals surface area contributed by atoms with Crippen molar-refractivity contribution in [2.75, 3.05) is 11.9 Å². The number of nitrogens with two attached hydrogens (primary N) is 1. The zero-order valence-electron chi connectivity index (χ0n) is 17.1. The van der Waals surface area contributed by atoms with Gasteiger partial charge in [0.15, 0.2) is 0 Å². The normalized spacial score (nSPS) is 12.2. The molecule has 174 valence electrons. The molecular formula is C23H20F4N2O4. The predicted molar refractivity (Wildman–Crippen MR) is 112 cm³/mol. The third-order valence-electron chi connectivity index (χ3n) is 4.26. The van der Waals surface area contributed by atoms with Crippen molar-refractivity contribution >= 4 is 11.6 Å². The van der Waals surface area contributed by atoms with Gasteiger partial charge >= 0.3 is 6.36 Å². The van der Waals surface area contributed by atoms with E-state index in [9.17, 15) is 22.4 Å². The first kappa shape index (κ1) is 24.0. The van der Waals surface area contributed by atoms with E-state index in [0.29, 0.717) is 17.2 Å². The first-order valence-corrected chi connectivity index (χ1v) is 9.71. The molecule has 10 heteroatoms. The molecule has 0 unspecified atom stereocenters. The van der Waals surface area contributed by atoms with E-state index in [1.54, 1.807) is 24.3 Å². The Balaban J connectivity index is 1.47. The summed E-state index contributed by atoms with van der Waals surface area (Å²) in [5.41, 5.74) is 6.43. The lowest BCUT2D eigenvalue weighted by molar-refractivity contribution is -0.275. The van der Waals surface area contributed by atoms with Gasteiger partial charge in [-0.3, -0.25) is 4.79 Å². The summed E-state index contributed by atoms with van der Waals surface area (Å²) in [5.74, 6) is -0.367. The topological polar surface area (TPSA) is 82.8 Å². The van der Waals surface area contributed by atoms with Gasteiger partial charge < -0.3 is 25.3 Å². The van der Waals surface area contributed by atoms with E-state index in [4.69, 9.17) is 15.2 Å². The van der Waals surface area contributed by atoms with Gasteiger partial charge in [-0.05, 0) is 54.6 Å². The molecule has 0 aliphatic rings. The van der Waals surface area contributed by atoms with Crippen molar-refractivity contribution in [1.29, 1.82) is 0 Å². The molecule has 0 aliphatic carbocycles. The first-order chi connectivity index (χ1) is 15.7. The van der Waals surface area contributed by atoms with Crippen LogP contribution in [0.2, 0.25) is 0 Å². The van der Waals surface area contributed by atoms with E-state index in [0.717, 1.165) is 0 Å². The molecule has 0 bridgehead atoms. The highest BCUT2D eigenvalue weighted by atomic mass is 19.4. The van der Waals surface area contributed by atoms with Crippen LogP contribution in [0.1, 0.15) is 5.56 Å². The molecule has 6 nitrogen and oxygen atoms in total. The van der Waals surface area contributed by atoms with E-state index in [-0.39, 0.29) is 30.3 Å². The van der Waals surface area contributed by atoms with E-state index < -0.39 is 18.3 Å². The van der Waals surface area contributed by atoms with Crippen LogP contribution in [-0.2, 0) is 16.1 Å². The minimum absolute atomic E-state index is 0.166. The molecule has 33 heavy (non-hydrogen) atoms. The summed E-state index contributed by atoms with van der Waals surface area (Å²) >= 11 is 0. The van der Waals surface area contributed by atoms with Crippen molar-refractivity contribution in [3.05, 3.63) is 84.2 Å². The predicted octanol–water partition coefficient (Wildman–Crippen LogP) is 5.00. The number of hydrogen-bond acceptors (Lipinski definition) is 5. The van der Waals surface area contributed by atoms with Gasteiger partial charge in [0, 0.05) is 11.3 Å². The molecule has 0 heterocycles. The highest BCUT2D eigenvalue weighted by molar-refractivity contribution is 5.94. The average molecular weight is 464 g/mol. The zero-order valence-corrected chi connectivity index (χ0v) is 17.1. The van der Waals surface area contributed by atoms with Crippen molar-refractivity contribution < 1.29 is 36.6 Å². The Morgan fingerprint density at radius 3 is 2.18 bits per heavy atom. The van der Waals surface area contributed by atoms with Gasteiger partial charge in [0.05, 0.1) is 13.2 Å². The lowest BCUT2D eigenvalue weighted by Gasteiger charge is -2.15. The van der Waals surface area contributed by atoms with Crippen LogP contribution >= 0.6 is 0 Å². The molecule has 1 amide bonds. The van der Waals surface area contributed by atoms with Crippen LogP contribution in [0.4, 0.5) is 23.2 Å². The van der Waals surface area contributed by atoms with E-state index in [1.165, 1.54) is 48.5 Å². The van der Waals surface area contributed by atoms with Crippen LogP contribution in [-0.4, -0.2) is 24.9 Å². The molecule has 0 saturated carbocycles.